The number of imidazole rings is 1. The van der Waals surface area contributed by atoms with E-state index < -0.39 is 5.91 Å². The maximum Gasteiger partial charge on any atom is 0.241 e. The summed E-state index contributed by atoms with van der Waals surface area (Å²) in [5.41, 5.74) is 9.87. The lowest BCUT2D eigenvalue weighted by atomic mass is 10.2. The lowest BCUT2D eigenvalue weighted by Gasteiger charge is -2.22. The van der Waals surface area contributed by atoms with Crippen LogP contribution in [0.2, 0.25) is 0 Å². The van der Waals surface area contributed by atoms with Crippen LogP contribution in [0, 0.1) is 0 Å². The Kier molecular flexibility index (Phi) is 7.01. The molecule has 1 amide bonds. The molecule has 0 aliphatic rings. The number of rotatable bonds is 9. The molecule has 2 aromatic carbocycles. The number of benzene rings is 2. The maximum absolute atomic E-state index is 10.8. The average molecular weight is 432 g/mol. The lowest BCUT2D eigenvalue weighted by Crippen LogP contribution is -2.27. The third-order valence-corrected chi connectivity index (χ3v) is 4.88. The number of hydrogen-bond donors (Lipinski definition) is 2. The standard InChI is InChI=1S/C21H23Cl2N5O/c1-27-19-8-7-17(28(12-10-22)13-11-23)14-18(19)26-21(27)25-16-5-2-15(3-6-16)4-9-20(24)29/h2-9,14H,10-13H2,1H3,(H2,24,29)(H,25,26)/b9-4+. The predicted molar refractivity (Wildman–Crippen MR) is 122 cm³/mol. The minimum absolute atomic E-state index is 0.470. The summed E-state index contributed by atoms with van der Waals surface area (Å²) in [4.78, 5) is 17.7. The van der Waals surface area contributed by atoms with Crippen molar-refractivity contribution >= 4 is 63.5 Å². The van der Waals surface area contributed by atoms with Crippen molar-refractivity contribution in [3.8, 4) is 0 Å². The van der Waals surface area contributed by atoms with Crippen molar-refractivity contribution in [2.45, 2.75) is 0 Å². The van der Waals surface area contributed by atoms with Crippen LogP contribution in [0.1, 0.15) is 5.56 Å². The molecule has 0 aliphatic heterocycles. The highest BCUT2D eigenvalue weighted by atomic mass is 35.5. The molecule has 0 atom stereocenters. The Hall–Kier alpha value is -2.70. The zero-order chi connectivity index (χ0) is 20.8. The van der Waals surface area contributed by atoms with Crippen molar-refractivity contribution in [2.75, 3.05) is 35.1 Å². The van der Waals surface area contributed by atoms with E-state index in [1.54, 1.807) is 6.08 Å². The number of amides is 1. The fraction of sp³-hybridized carbons (Fsp3) is 0.238. The molecular weight excluding hydrogens is 409 g/mol. The number of fused-ring (bicyclic) bond motifs is 1. The fourth-order valence-electron chi connectivity index (χ4n) is 3.06. The van der Waals surface area contributed by atoms with Crippen molar-refractivity contribution in [3.63, 3.8) is 0 Å². The van der Waals surface area contributed by atoms with E-state index >= 15 is 0 Å². The number of aromatic nitrogens is 2. The number of carbonyl (C=O) groups is 1. The van der Waals surface area contributed by atoms with Gasteiger partial charge in [0.15, 0.2) is 0 Å². The fourth-order valence-corrected chi connectivity index (χ4v) is 3.46. The highest BCUT2D eigenvalue weighted by molar-refractivity contribution is 6.18. The van der Waals surface area contributed by atoms with Gasteiger partial charge in [-0.3, -0.25) is 4.79 Å². The van der Waals surface area contributed by atoms with Gasteiger partial charge in [0.2, 0.25) is 11.9 Å². The van der Waals surface area contributed by atoms with E-state index in [-0.39, 0.29) is 0 Å². The highest BCUT2D eigenvalue weighted by Crippen LogP contribution is 2.26. The number of halogens is 2. The number of anilines is 3. The molecule has 0 spiro atoms. The van der Waals surface area contributed by atoms with Crippen molar-refractivity contribution in [3.05, 3.63) is 54.1 Å². The molecule has 0 unspecified atom stereocenters. The first-order valence-corrected chi connectivity index (χ1v) is 10.3. The first-order chi connectivity index (χ1) is 14.0. The molecule has 0 radical (unpaired) electrons. The minimum Gasteiger partial charge on any atom is -0.369 e. The zero-order valence-corrected chi connectivity index (χ0v) is 17.6. The van der Waals surface area contributed by atoms with Crippen molar-refractivity contribution in [1.29, 1.82) is 0 Å². The third-order valence-electron chi connectivity index (χ3n) is 4.55. The molecule has 152 valence electrons. The first kappa shape index (κ1) is 21.0. The van der Waals surface area contributed by atoms with Crippen LogP contribution in [0.25, 0.3) is 17.1 Å². The monoisotopic (exact) mass is 431 g/mol. The lowest BCUT2D eigenvalue weighted by molar-refractivity contribution is -0.113. The van der Waals surface area contributed by atoms with Crippen LogP contribution in [-0.4, -0.2) is 40.3 Å². The number of nitrogens with one attached hydrogen (secondary N) is 1. The van der Waals surface area contributed by atoms with Crippen LogP contribution in [0.5, 0.6) is 0 Å². The van der Waals surface area contributed by atoms with Gasteiger partial charge in [0.1, 0.15) is 0 Å². The Bertz CT molecular complexity index is 1010. The van der Waals surface area contributed by atoms with E-state index in [4.69, 9.17) is 33.9 Å². The van der Waals surface area contributed by atoms with Gasteiger partial charge in [-0.25, -0.2) is 4.98 Å². The molecule has 3 N–H and O–H groups in total. The molecule has 1 aromatic heterocycles. The normalized spacial score (nSPS) is 11.3. The molecule has 3 rings (SSSR count). The molecule has 0 saturated carbocycles. The quantitative estimate of drug-likeness (QED) is 0.394. The smallest absolute Gasteiger partial charge is 0.241 e. The largest absolute Gasteiger partial charge is 0.369 e. The number of nitrogens with zero attached hydrogens (tertiary/aromatic N) is 3. The van der Waals surface area contributed by atoms with E-state index in [9.17, 15) is 4.79 Å². The number of hydrogen-bond acceptors (Lipinski definition) is 4. The van der Waals surface area contributed by atoms with E-state index in [2.05, 4.69) is 28.4 Å². The molecule has 8 heteroatoms. The Balaban J connectivity index is 1.83. The van der Waals surface area contributed by atoms with E-state index in [1.807, 2.05) is 35.9 Å². The maximum atomic E-state index is 10.8. The number of nitrogens with two attached hydrogens (primary N) is 1. The van der Waals surface area contributed by atoms with Gasteiger partial charge >= 0.3 is 0 Å². The zero-order valence-electron chi connectivity index (χ0n) is 16.1. The van der Waals surface area contributed by atoms with Crippen molar-refractivity contribution < 1.29 is 4.79 Å². The summed E-state index contributed by atoms with van der Waals surface area (Å²) < 4.78 is 2.01. The van der Waals surface area contributed by atoms with Gasteiger partial charge in [0, 0.05) is 49.3 Å². The van der Waals surface area contributed by atoms with Gasteiger partial charge in [-0.2, -0.15) is 0 Å². The number of alkyl halides is 2. The highest BCUT2D eigenvalue weighted by Gasteiger charge is 2.12. The molecule has 3 aromatic rings. The Morgan fingerprint density at radius 1 is 1.17 bits per heavy atom. The molecule has 0 fully saturated rings. The summed E-state index contributed by atoms with van der Waals surface area (Å²) in [6.07, 6.45) is 3.01. The number of primary amides is 1. The van der Waals surface area contributed by atoms with E-state index in [0.717, 1.165) is 47.0 Å². The number of aryl methyl sites for hydroxylation is 1. The molecule has 0 saturated heterocycles. The molecule has 0 bridgehead atoms. The van der Waals surface area contributed by atoms with Crippen LogP contribution < -0.4 is 16.0 Å². The van der Waals surface area contributed by atoms with Gasteiger partial charge in [0.25, 0.3) is 0 Å². The Morgan fingerprint density at radius 3 is 2.48 bits per heavy atom. The van der Waals surface area contributed by atoms with Crippen LogP contribution in [-0.2, 0) is 11.8 Å². The van der Waals surface area contributed by atoms with Crippen LogP contribution in [0.4, 0.5) is 17.3 Å². The summed E-state index contributed by atoms with van der Waals surface area (Å²) in [5, 5.41) is 3.33. The molecule has 6 nitrogen and oxygen atoms in total. The Morgan fingerprint density at radius 2 is 1.86 bits per heavy atom. The van der Waals surface area contributed by atoms with Gasteiger partial charge in [-0.1, -0.05) is 12.1 Å². The second-order valence-electron chi connectivity index (χ2n) is 6.52. The summed E-state index contributed by atoms with van der Waals surface area (Å²) in [5.74, 6) is 1.34. The Labute approximate surface area is 179 Å². The summed E-state index contributed by atoms with van der Waals surface area (Å²) in [6.45, 7) is 1.46. The minimum atomic E-state index is -0.470. The molecule has 1 heterocycles. The second-order valence-corrected chi connectivity index (χ2v) is 7.27. The van der Waals surface area contributed by atoms with Crippen LogP contribution in [0.3, 0.4) is 0 Å². The summed E-state index contributed by atoms with van der Waals surface area (Å²) >= 11 is 11.8. The summed E-state index contributed by atoms with van der Waals surface area (Å²) in [6, 6.07) is 13.8. The van der Waals surface area contributed by atoms with Gasteiger partial charge in [-0.15, -0.1) is 23.2 Å². The summed E-state index contributed by atoms with van der Waals surface area (Å²) in [7, 11) is 1.97. The topological polar surface area (TPSA) is 76.2 Å². The molecule has 29 heavy (non-hydrogen) atoms. The van der Waals surface area contributed by atoms with Crippen molar-refractivity contribution in [1.82, 2.24) is 9.55 Å². The number of carbonyl (C=O) groups excluding carboxylic acids is 1. The first-order valence-electron chi connectivity index (χ1n) is 9.20. The predicted octanol–water partition coefficient (Wildman–Crippen LogP) is 4.10. The van der Waals surface area contributed by atoms with Gasteiger partial charge in [0.05, 0.1) is 11.0 Å². The molecular formula is C21H23Cl2N5O. The second kappa shape index (κ2) is 9.67. The van der Waals surface area contributed by atoms with Gasteiger partial charge in [-0.05, 0) is 42.0 Å². The van der Waals surface area contributed by atoms with E-state index in [0.29, 0.717) is 11.8 Å². The van der Waals surface area contributed by atoms with Crippen LogP contribution >= 0.6 is 23.2 Å². The third kappa shape index (κ3) is 5.22. The SMILES string of the molecule is Cn1c(Nc2ccc(/C=C/C(N)=O)cc2)nc2cc(N(CCCl)CCCl)ccc21. The molecule has 0 aliphatic carbocycles. The average Bonchev–Trinajstić information content (AvgIpc) is 3.02. The van der Waals surface area contributed by atoms with Gasteiger partial charge < -0.3 is 20.5 Å². The van der Waals surface area contributed by atoms with Crippen molar-refractivity contribution in [2.24, 2.45) is 12.8 Å². The van der Waals surface area contributed by atoms with Crippen LogP contribution in [0.15, 0.2) is 48.5 Å². The van der Waals surface area contributed by atoms with E-state index in [1.165, 1.54) is 6.08 Å².